The van der Waals surface area contributed by atoms with Gasteiger partial charge in [0.2, 0.25) is 11.0 Å². The zero-order valence-electron chi connectivity index (χ0n) is 23.0. The van der Waals surface area contributed by atoms with Crippen LogP contribution in [0.5, 0.6) is 5.75 Å². The number of carbonyl (C=O) groups excluding carboxylic acids is 1. The summed E-state index contributed by atoms with van der Waals surface area (Å²) in [4.78, 5) is 13.1. The number of hydrogen-bond donors (Lipinski definition) is 3. The number of unbranched alkanes of at least 4 members (excludes halogenated alkanes) is 1. The molecule has 228 valence electrons. The monoisotopic (exact) mass is 634 g/mol. The van der Waals surface area contributed by atoms with Crippen LogP contribution in [0.25, 0.3) is 0 Å². The quantitative estimate of drug-likeness (QED) is 0.133. The van der Waals surface area contributed by atoms with Gasteiger partial charge in [0.15, 0.2) is 5.82 Å². The third-order valence-corrected chi connectivity index (χ3v) is 7.79. The molecule has 4 aromatic rings. The van der Waals surface area contributed by atoms with E-state index in [1.54, 1.807) is 42.7 Å². The number of nitrogens with one attached hydrogen (secondary N) is 2. The van der Waals surface area contributed by atoms with Crippen molar-refractivity contribution in [2.45, 2.75) is 56.0 Å². The van der Waals surface area contributed by atoms with Crippen molar-refractivity contribution in [2.24, 2.45) is 0 Å². The van der Waals surface area contributed by atoms with E-state index < -0.39 is 23.4 Å². The van der Waals surface area contributed by atoms with E-state index in [9.17, 15) is 27.3 Å². The molecule has 3 N–H and O–H groups in total. The van der Waals surface area contributed by atoms with Gasteiger partial charge in [0.05, 0.1) is 12.1 Å². The van der Waals surface area contributed by atoms with Crippen LogP contribution in [-0.2, 0) is 41.3 Å². The summed E-state index contributed by atoms with van der Waals surface area (Å²) in [6.07, 6.45) is -1.12. The molecule has 0 aliphatic rings. The summed E-state index contributed by atoms with van der Waals surface area (Å²) in [5, 5.41) is 33.5. The molecule has 2 aromatic heterocycles. The van der Waals surface area contributed by atoms with Crippen LogP contribution >= 0.6 is 11.3 Å². The van der Waals surface area contributed by atoms with Crippen LogP contribution in [0.3, 0.4) is 0 Å². The number of ether oxygens (including phenoxy) is 1. The Morgan fingerprint density at radius 2 is 1.77 bits per heavy atom. The van der Waals surface area contributed by atoms with E-state index >= 15 is 0 Å². The lowest BCUT2D eigenvalue weighted by molar-refractivity contribution is -0.274. The molecule has 15 heteroatoms. The number of halogens is 3. The maximum absolute atomic E-state index is 12.4. The highest BCUT2D eigenvalue weighted by atomic mass is 32.2. The number of benzene rings is 2. The van der Waals surface area contributed by atoms with E-state index in [1.807, 2.05) is 6.07 Å². The van der Waals surface area contributed by atoms with Gasteiger partial charge in [0, 0.05) is 34.8 Å². The molecule has 0 bridgehead atoms. The van der Waals surface area contributed by atoms with Crippen molar-refractivity contribution < 1.29 is 32.0 Å². The maximum atomic E-state index is 12.4. The van der Waals surface area contributed by atoms with E-state index in [0.29, 0.717) is 34.2 Å². The summed E-state index contributed by atoms with van der Waals surface area (Å²) in [6, 6.07) is 16.0. The van der Waals surface area contributed by atoms with Crippen LogP contribution < -0.4 is 15.4 Å². The first-order chi connectivity index (χ1) is 20.5. The van der Waals surface area contributed by atoms with Gasteiger partial charge in [-0.2, -0.15) is 5.10 Å². The molecule has 2 aromatic carbocycles. The number of aliphatic hydroxyl groups excluding tert-OH is 1. The third kappa shape index (κ3) is 11.0. The van der Waals surface area contributed by atoms with Gasteiger partial charge in [0.25, 0.3) is 0 Å². The van der Waals surface area contributed by atoms with E-state index in [1.165, 1.54) is 29.5 Å². The molecule has 10 nitrogen and oxygen atoms in total. The van der Waals surface area contributed by atoms with Gasteiger partial charge in [-0.15, -0.1) is 28.5 Å². The highest BCUT2D eigenvalue weighted by Gasteiger charge is 2.31. The second kappa shape index (κ2) is 15.0. The number of nitrogens with zero attached hydrogens (tertiary/aromatic N) is 4. The van der Waals surface area contributed by atoms with Crippen molar-refractivity contribution in [3.63, 3.8) is 0 Å². The molecule has 0 fully saturated rings. The van der Waals surface area contributed by atoms with Crippen LogP contribution in [0.1, 0.15) is 34.7 Å². The average Bonchev–Trinajstić information content (AvgIpc) is 3.38. The van der Waals surface area contributed by atoms with E-state index in [-0.39, 0.29) is 24.5 Å². The normalized spacial score (nSPS) is 12.9. The second-order valence-electron chi connectivity index (χ2n) is 9.50. The van der Waals surface area contributed by atoms with E-state index in [4.69, 9.17) is 0 Å². The highest BCUT2D eigenvalue weighted by Crippen LogP contribution is 2.24. The van der Waals surface area contributed by atoms with Crippen LogP contribution in [0.2, 0.25) is 0 Å². The topological polar surface area (TPSA) is 139 Å². The predicted octanol–water partition coefficient (Wildman–Crippen LogP) is 4.68. The van der Waals surface area contributed by atoms with Gasteiger partial charge in [-0.3, -0.25) is 9.00 Å². The zero-order chi connectivity index (χ0) is 30.8. The Morgan fingerprint density at radius 1 is 1.00 bits per heavy atom. The van der Waals surface area contributed by atoms with Crippen LogP contribution in [0, 0.1) is 0 Å². The number of rotatable bonds is 14. The Balaban J connectivity index is 1.16. The van der Waals surface area contributed by atoms with Crippen LogP contribution in [0.4, 0.5) is 24.1 Å². The summed E-state index contributed by atoms with van der Waals surface area (Å²) in [7, 11) is -1.12. The molecule has 0 saturated carbocycles. The fourth-order valence-electron chi connectivity index (χ4n) is 4.06. The highest BCUT2D eigenvalue weighted by molar-refractivity contribution is 7.84. The van der Waals surface area contributed by atoms with Crippen molar-refractivity contribution >= 4 is 39.0 Å². The molecule has 0 radical (unpaired) electrons. The molecule has 1 amide bonds. The fraction of sp³-hybridized carbons (Fsp3) is 0.321. The molecule has 0 aliphatic carbocycles. The Labute approximate surface area is 252 Å². The minimum atomic E-state index is -4.79. The Hall–Kier alpha value is -3.95. The van der Waals surface area contributed by atoms with E-state index in [0.717, 1.165) is 29.1 Å². The number of amides is 1. The molecule has 0 spiro atoms. The van der Waals surface area contributed by atoms with Gasteiger partial charge in [-0.25, -0.2) is 0 Å². The number of alkyl halides is 3. The van der Waals surface area contributed by atoms with Crippen molar-refractivity contribution in [3.8, 4) is 5.75 Å². The van der Waals surface area contributed by atoms with Gasteiger partial charge in [0.1, 0.15) is 17.0 Å². The lowest BCUT2D eigenvalue weighted by Crippen LogP contribution is -2.22. The first-order valence-electron chi connectivity index (χ1n) is 13.2. The molecule has 2 heterocycles. The summed E-state index contributed by atoms with van der Waals surface area (Å²) < 4.78 is 52.8. The standard InChI is InChI=1S/C28H29F3N6O4S2/c1-43(40)22-10-5-7-19(15-22)17-25(39)33-27-37-36-26(42-27)11-3-2-8-20-12-13-23(35-34-20)32-24(38)16-18-6-4-9-21(14-18)41-28(29,30)31/h4-7,9-10,12-15,24,38H,2-3,8,11,16-17H2,1H3,(H,32,35)(H,33,37,39). The molecule has 0 saturated heterocycles. The number of hydrogen-bond acceptors (Lipinski definition) is 10. The predicted molar refractivity (Wildman–Crippen MR) is 156 cm³/mol. The fourth-order valence-corrected chi connectivity index (χ4v) is 5.44. The molecule has 43 heavy (non-hydrogen) atoms. The summed E-state index contributed by atoms with van der Waals surface area (Å²) >= 11 is 1.32. The first kappa shape index (κ1) is 32.0. The third-order valence-electron chi connectivity index (χ3n) is 5.98. The summed E-state index contributed by atoms with van der Waals surface area (Å²) in [5.41, 5.74) is 1.98. The van der Waals surface area contributed by atoms with Crippen LogP contribution in [-0.4, -0.2) is 54.5 Å². The Morgan fingerprint density at radius 3 is 2.51 bits per heavy atom. The zero-order valence-corrected chi connectivity index (χ0v) is 24.6. The second-order valence-corrected chi connectivity index (χ2v) is 11.9. The van der Waals surface area contributed by atoms with Gasteiger partial charge in [-0.05, 0) is 66.8 Å². The number of aromatic nitrogens is 4. The molecule has 0 aliphatic heterocycles. The van der Waals surface area contributed by atoms with Crippen molar-refractivity contribution in [1.29, 1.82) is 0 Å². The maximum Gasteiger partial charge on any atom is 0.573 e. The average molecular weight is 635 g/mol. The van der Waals surface area contributed by atoms with Crippen molar-refractivity contribution in [1.82, 2.24) is 20.4 Å². The molecule has 2 atom stereocenters. The molecule has 2 unspecified atom stereocenters. The molecule has 4 rings (SSSR count). The lowest BCUT2D eigenvalue weighted by Gasteiger charge is -2.14. The van der Waals surface area contributed by atoms with Gasteiger partial charge in [-0.1, -0.05) is 35.6 Å². The Kier molecular flexibility index (Phi) is 11.1. The summed E-state index contributed by atoms with van der Waals surface area (Å²) in [6.45, 7) is 0. The van der Waals surface area contributed by atoms with Gasteiger partial charge < -0.3 is 20.5 Å². The molecular formula is C28H29F3N6O4S2. The largest absolute Gasteiger partial charge is 0.573 e. The van der Waals surface area contributed by atoms with Gasteiger partial charge >= 0.3 is 6.36 Å². The number of aryl methyl sites for hydroxylation is 2. The summed E-state index contributed by atoms with van der Waals surface area (Å²) in [5.74, 6) is -0.254. The first-order valence-corrected chi connectivity index (χ1v) is 15.6. The number of aliphatic hydroxyl groups is 1. The minimum absolute atomic E-state index is 0.0332. The number of carbonyl (C=O) groups is 1. The Bertz CT molecular complexity index is 1540. The molecular weight excluding hydrogens is 605 g/mol. The number of anilines is 2. The minimum Gasteiger partial charge on any atom is -0.406 e. The van der Waals surface area contributed by atoms with Crippen molar-refractivity contribution in [2.75, 3.05) is 16.9 Å². The lowest BCUT2D eigenvalue weighted by atomic mass is 10.1. The SMILES string of the molecule is CS(=O)c1cccc(CC(=O)Nc2nnc(CCCCc3ccc(NC(O)Cc4cccc(OC(F)(F)F)c4)nn3)s2)c1. The van der Waals surface area contributed by atoms with Crippen LogP contribution in [0.15, 0.2) is 65.6 Å². The smallest absolute Gasteiger partial charge is 0.406 e. The van der Waals surface area contributed by atoms with Crippen molar-refractivity contribution in [3.05, 3.63) is 82.5 Å². The van der Waals surface area contributed by atoms with E-state index in [2.05, 4.69) is 35.8 Å².